The molecule has 0 fully saturated rings. The van der Waals surface area contributed by atoms with Gasteiger partial charge in [-0.3, -0.25) is 4.79 Å². The van der Waals surface area contributed by atoms with Gasteiger partial charge < -0.3 is 18.8 Å². The molecule has 8 nitrogen and oxygen atoms in total. The van der Waals surface area contributed by atoms with Crippen molar-refractivity contribution in [1.29, 1.82) is 5.26 Å². The van der Waals surface area contributed by atoms with Gasteiger partial charge in [-0.05, 0) is 36.9 Å². The molecule has 0 saturated heterocycles. The van der Waals surface area contributed by atoms with Crippen molar-refractivity contribution in [2.45, 2.75) is 26.8 Å². The first kappa shape index (κ1) is 21.3. The van der Waals surface area contributed by atoms with Crippen LogP contribution in [0, 0.1) is 11.3 Å². The fourth-order valence-corrected chi connectivity index (χ4v) is 3.38. The molecule has 0 aliphatic carbocycles. The van der Waals surface area contributed by atoms with Crippen LogP contribution in [-0.4, -0.2) is 40.8 Å². The summed E-state index contributed by atoms with van der Waals surface area (Å²) in [5.41, 5.74) is 0.461. The largest absolute Gasteiger partial charge is 0.490 e. The van der Waals surface area contributed by atoms with Gasteiger partial charge in [0.1, 0.15) is 0 Å². The minimum Gasteiger partial charge on any atom is -0.490 e. The van der Waals surface area contributed by atoms with Crippen LogP contribution in [-0.2, 0) is 11.3 Å². The standard InChI is InChI=1S/C21H22N4O4S/c1-3-9-25(13-19-23-24-21(29-19)18-6-5-10-30-18)20(26)14-28-16-8-7-15(12-22)11-17(16)27-4-2/h5-8,10-11H,3-4,9,13-14H2,1-2H3. The number of hydrogen-bond acceptors (Lipinski definition) is 8. The highest BCUT2D eigenvalue weighted by atomic mass is 32.1. The zero-order valence-electron chi connectivity index (χ0n) is 16.8. The number of thiophene rings is 1. The van der Waals surface area contributed by atoms with E-state index in [4.69, 9.17) is 19.2 Å². The van der Waals surface area contributed by atoms with E-state index in [0.717, 1.165) is 11.3 Å². The topological polar surface area (TPSA) is 101 Å². The van der Waals surface area contributed by atoms with E-state index in [1.54, 1.807) is 23.1 Å². The van der Waals surface area contributed by atoms with Crippen LogP contribution in [0.25, 0.3) is 10.8 Å². The van der Waals surface area contributed by atoms with Crippen LogP contribution in [0.3, 0.4) is 0 Å². The zero-order valence-corrected chi connectivity index (χ0v) is 17.6. The monoisotopic (exact) mass is 426 g/mol. The average molecular weight is 426 g/mol. The molecule has 30 heavy (non-hydrogen) atoms. The lowest BCUT2D eigenvalue weighted by Crippen LogP contribution is -2.35. The van der Waals surface area contributed by atoms with Gasteiger partial charge in [0.15, 0.2) is 18.1 Å². The molecular weight excluding hydrogens is 404 g/mol. The van der Waals surface area contributed by atoms with E-state index in [1.165, 1.54) is 11.3 Å². The van der Waals surface area contributed by atoms with Crippen molar-refractivity contribution in [1.82, 2.24) is 15.1 Å². The lowest BCUT2D eigenvalue weighted by atomic mass is 10.2. The molecule has 3 aromatic rings. The molecule has 1 aromatic carbocycles. The van der Waals surface area contributed by atoms with Crippen molar-refractivity contribution >= 4 is 17.2 Å². The molecule has 0 saturated carbocycles. The second-order valence-electron chi connectivity index (χ2n) is 6.29. The first-order chi connectivity index (χ1) is 14.6. The fraction of sp³-hybridized carbons (Fsp3) is 0.333. The SMILES string of the molecule is CCCN(Cc1nnc(-c2cccs2)o1)C(=O)COc1ccc(C#N)cc1OCC. The second-order valence-corrected chi connectivity index (χ2v) is 7.24. The smallest absolute Gasteiger partial charge is 0.260 e. The number of nitrogens with zero attached hydrogens (tertiary/aromatic N) is 4. The molecule has 0 aliphatic heterocycles. The molecule has 2 aromatic heterocycles. The number of amides is 1. The van der Waals surface area contributed by atoms with Crippen LogP contribution in [0.2, 0.25) is 0 Å². The average Bonchev–Trinajstić information content (AvgIpc) is 3.44. The van der Waals surface area contributed by atoms with E-state index in [0.29, 0.717) is 42.0 Å². The van der Waals surface area contributed by atoms with Gasteiger partial charge in [-0.15, -0.1) is 21.5 Å². The van der Waals surface area contributed by atoms with Gasteiger partial charge >= 0.3 is 0 Å². The third-order valence-corrected chi connectivity index (χ3v) is 4.95. The number of benzene rings is 1. The summed E-state index contributed by atoms with van der Waals surface area (Å²) in [6, 6.07) is 10.7. The Morgan fingerprint density at radius 1 is 1.23 bits per heavy atom. The quantitative estimate of drug-likeness (QED) is 0.485. The Morgan fingerprint density at radius 3 is 2.80 bits per heavy atom. The second kappa shape index (κ2) is 10.4. The molecule has 0 aliphatic rings. The third-order valence-electron chi connectivity index (χ3n) is 4.09. The zero-order chi connectivity index (χ0) is 21.3. The van der Waals surface area contributed by atoms with Gasteiger partial charge in [0.25, 0.3) is 11.8 Å². The van der Waals surface area contributed by atoms with Crippen molar-refractivity contribution < 1.29 is 18.7 Å². The Balaban J connectivity index is 1.65. The Kier molecular flexibility index (Phi) is 7.40. The summed E-state index contributed by atoms with van der Waals surface area (Å²) < 4.78 is 16.9. The summed E-state index contributed by atoms with van der Waals surface area (Å²) in [7, 11) is 0. The number of carbonyl (C=O) groups is 1. The maximum absolute atomic E-state index is 12.8. The van der Waals surface area contributed by atoms with Gasteiger partial charge in [0.2, 0.25) is 5.89 Å². The summed E-state index contributed by atoms with van der Waals surface area (Å²) in [4.78, 5) is 15.3. The highest BCUT2D eigenvalue weighted by Gasteiger charge is 2.19. The molecule has 1 amide bonds. The van der Waals surface area contributed by atoms with Crippen molar-refractivity contribution in [3.63, 3.8) is 0 Å². The lowest BCUT2D eigenvalue weighted by molar-refractivity contribution is -0.134. The lowest BCUT2D eigenvalue weighted by Gasteiger charge is -2.21. The van der Waals surface area contributed by atoms with Crippen molar-refractivity contribution in [3.8, 4) is 28.3 Å². The van der Waals surface area contributed by atoms with Crippen LogP contribution in [0.1, 0.15) is 31.7 Å². The summed E-state index contributed by atoms with van der Waals surface area (Å²) in [5, 5.41) is 19.1. The minimum absolute atomic E-state index is 0.169. The molecule has 9 heteroatoms. The van der Waals surface area contributed by atoms with E-state index >= 15 is 0 Å². The van der Waals surface area contributed by atoms with Crippen LogP contribution in [0.4, 0.5) is 0 Å². The highest BCUT2D eigenvalue weighted by Crippen LogP contribution is 2.28. The van der Waals surface area contributed by atoms with Crippen LogP contribution in [0.5, 0.6) is 11.5 Å². The Morgan fingerprint density at radius 2 is 2.10 bits per heavy atom. The maximum Gasteiger partial charge on any atom is 0.260 e. The van der Waals surface area contributed by atoms with E-state index < -0.39 is 0 Å². The summed E-state index contributed by atoms with van der Waals surface area (Å²) in [6.07, 6.45) is 0.777. The molecule has 0 atom stereocenters. The number of carbonyl (C=O) groups excluding carboxylic acids is 1. The molecule has 156 valence electrons. The first-order valence-electron chi connectivity index (χ1n) is 9.58. The fourth-order valence-electron chi connectivity index (χ4n) is 2.74. The molecule has 3 rings (SSSR count). The predicted octanol–water partition coefficient (Wildman–Crippen LogP) is 3.89. The number of nitriles is 1. The van der Waals surface area contributed by atoms with E-state index in [2.05, 4.69) is 16.3 Å². The van der Waals surface area contributed by atoms with Crippen molar-refractivity contribution in [2.24, 2.45) is 0 Å². The summed E-state index contributed by atoms with van der Waals surface area (Å²) in [5.74, 6) is 1.45. The van der Waals surface area contributed by atoms with Gasteiger partial charge in [-0.2, -0.15) is 5.26 Å². The number of rotatable bonds is 10. The minimum atomic E-state index is -0.209. The molecule has 0 bridgehead atoms. The Hall–Kier alpha value is -3.38. The summed E-state index contributed by atoms with van der Waals surface area (Å²) in [6.45, 7) is 4.82. The third kappa shape index (κ3) is 5.36. The maximum atomic E-state index is 12.8. The van der Waals surface area contributed by atoms with Gasteiger partial charge in [0, 0.05) is 12.6 Å². The van der Waals surface area contributed by atoms with Gasteiger partial charge in [0.05, 0.1) is 29.7 Å². The molecule has 0 spiro atoms. The molecule has 2 heterocycles. The number of ether oxygens (including phenoxy) is 2. The highest BCUT2D eigenvalue weighted by molar-refractivity contribution is 7.13. The number of hydrogen-bond donors (Lipinski definition) is 0. The molecule has 0 unspecified atom stereocenters. The Labute approximate surface area is 178 Å². The first-order valence-corrected chi connectivity index (χ1v) is 10.5. The van der Waals surface area contributed by atoms with Crippen molar-refractivity contribution in [3.05, 3.63) is 47.2 Å². The molecular formula is C21H22N4O4S. The van der Waals surface area contributed by atoms with Gasteiger partial charge in [-0.1, -0.05) is 13.0 Å². The molecule has 0 radical (unpaired) electrons. The van der Waals surface area contributed by atoms with E-state index in [1.807, 2.05) is 31.4 Å². The van der Waals surface area contributed by atoms with Crippen molar-refractivity contribution in [2.75, 3.05) is 19.8 Å². The van der Waals surface area contributed by atoms with Crippen LogP contribution >= 0.6 is 11.3 Å². The van der Waals surface area contributed by atoms with E-state index in [9.17, 15) is 4.79 Å². The number of aromatic nitrogens is 2. The van der Waals surface area contributed by atoms with E-state index in [-0.39, 0.29) is 19.1 Å². The summed E-state index contributed by atoms with van der Waals surface area (Å²) >= 11 is 1.51. The Bertz CT molecular complexity index is 1010. The van der Waals surface area contributed by atoms with Crippen LogP contribution < -0.4 is 9.47 Å². The normalized spacial score (nSPS) is 10.4. The van der Waals surface area contributed by atoms with Gasteiger partial charge in [-0.25, -0.2) is 0 Å². The predicted molar refractivity (Wildman–Crippen MR) is 111 cm³/mol. The van der Waals surface area contributed by atoms with Crippen LogP contribution in [0.15, 0.2) is 40.1 Å². The molecule has 0 N–H and O–H groups in total.